The maximum absolute atomic E-state index is 5.64. The highest BCUT2D eigenvalue weighted by Gasteiger charge is 2.60. The minimum atomic E-state index is 0.136. The van der Waals surface area contributed by atoms with Crippen molar-refractivity contribution < 1.29 is 4.74 Å². The number of hydrogen-bond donors (Lipinski definition) is 0. The number of aromatic nitrogens is 2. The average Bonchev–Trinajstić information content (AvgIpc) is 3.40. The van der Waals surface area contributed by atoms with Crippen molar-refractivity contribution in [2.75, 3.05) is 18.6 Å². The zero-order valence-corrected chi connectivity index (χ0v) is 20.5. The molecule has 1 aliphatic heterocycles. The highest BCUT2D eigenvalue weighted by atomic mass is 16.5. The van der Waals surface area contributed by atoms with E-state index in [2.05, 4.69) is 107 Å². The van der Waals surface area contributed by atoms with Crippen molar-refractivity contribution in [2.24, 2.45) is 0 Å². The molecule has 1 saturated carbocycles. The lowest BCUT2D eigenvalue weighted by molar-refractivity contribution is 0.414. The third-order valence-electron chi connectivity index (χ3n) is 8.09. The Morgan fingerprint density at radius 2 is 1.61 bits per heavy atom. The molecule has 5 aromatic rings. The van der Waals surface area contributed by atoms with Crippen LogP contribution in [0.1, 0.15) is 34.6 Å². The molecule has 4 heteroatoms. The van der Waals surface area contributed by atoms with Gasteiger partial charge < -0.3 is 9.64 Å². The summed E-state index contributed by atoms with van der Waals surface area (Å²) in [6.07, 6.45) is 3.15. The normalized spacial score (nSPS) is 20.1. The van der Waals surface area contributed by atoms with E-state index in [1.165, 1.54) is 38.8 Å². The molecule has 0 saturated heterocycles. The van der Waals surface area contributed by atoms with E-state index >= 15 is 0 Å². The predicted octanol–water partition coefficient (Wildman–Crippen LogP) is 6.54. The Kier molecular flexibility index (Phi) is 4.88. The summed E-state index contributed by atoms with van der Waals surface area (Å²) in [4.78, 5) is 2.56. The van der Waals surface area contributed by atoms with Crippen LogP contribution in [-0.2, 0) is 18.5 Å². The highest BCUT2D eigenvalue weighted by molar-refractivity contribution is 5.80. The summed E-state index contributed by atoms with van der Waals surface area (Å²) in [5.74, 6) is 1.44. The molecule has 2 atom stereocenters. The van der Waals surface area contributed by atoms with E-state index in [0.717, 1.165) is 31.8 Å². The lowest BCUT2D eigenvalue weighted by Gasteiger charge is -2.20. The second-order valence-electron chi connectivity index (χ2n) is 10.2. The van der Waals surface area contributed by atoms with Crippen molar-refractivity contribution in [3.05, 3.63) is 126 Å². The SMILES string of the molecule is COc1ccc2c(c1)[C@]1(C[C@H]1c1ccc3cnn(Cc4ccccc4)c3c1)CN2Cc1ccccc1. The first-order chi connectivity index (χ1) is 17.7. The fraction of sp³-hybridized carbons (Fsp3) is 0.219. The van der Waals surface area contributed by atoms with Gasteiger partial charge in [0.1, 0.15) is 5.75 Å². The van der Waals surface area contributed by atoms with Crippen molar-refractivity contribution >= 4 is 16.6 Å². The van der Waals surface area contributed by atoms with E-state index in [9.17, 15) is 0 Å². The molecule has 0 bridgehead atoms. The zero-order chi connectivity index (χ0) is 24.1. The second-order valence-corrected chi connectivity index (χ2v) is 10.2. The van der Waals surface area contributed by atoms with Gasteiger partial charge in [-0.15, -0.1) is 0 Å². The molecule has 1 aliphatic carbocycles. The zero-order valence-electron chi connectivity index (χ0n) is 20.5. The van der Waals surface area contributed by atoms with Gasteiger partial charge in [0.25, 0.3) is 0 Å². The van der Waals surface area contributed by atoms with E-state index in [1.54, 1.807) is 7.11 Å². The predicted molar refractivity (Wildman–Crippen MR) is 145 cm³/mol. The number of ether oxygens (including phenoxy) is 1. The number of benzene rings is 4. The smallest absolute Gasteiger partial charge is 0.119 e. The van der Waals surface area contributed by atoms with E-state index in [-0.39, 0.29) is 5.41 Å². The van der Waals surface area contributed by atoms with E-state index in [1.807, 2.05) is 6.20 Å². The number of hydrogen-bond acceptors (Lipinski definition) is 3. The molecule has 4 aromatic carbocycles. The number of fused-ring (bicyclic) bond motifs is 3. The number of rotatable bonds is 6. The maximum atomic E-state index is 5.64. The summed E-state index contributed by atoms with van der Waals surface area (Å²) in [7, 11) is 1.76. The average molecular weight is 472 g/mol. The van der Waals surface area contributed by atoms with Gasteiger partial charge in [0.05, 0.1) is 25.4 Å². The van der Waals surface area contributed by atoms with Crippen LogP contribution in [0.5, 0.6) is 5.75 Å². The van der Waals surface area contributed by atoms with Crippen molar-refractivity contribution in [3.8, 4) is 5.75 Å². The molecule has 2 heterocycles. The highest BCUT2D eigenvalue weighted by Crippen LogP contribution is 2.66. The van der Waals surface area contributed by atoms with Crippen LogP contribution in [0.2, 0.25) is 0 Å². The summed E-state index contributed by atoms with van der Waals surface area (Å²) in [5, 5.41) is 5.91. The Bertz CT molecular complexity index is 1540. The Labute approximate surface area is 211 Å². The summed E-state index contributed by atoms with van der Waals surface area (Å²) in [6.45, 7) is 2.75. The fourth-order valence-corrected chi connectivity index (χ4v) is 6.17. The van der Waals surface area contributed by atoms with Crippen LogP contribution in [0.4, 0.5) is 5.69 Å². The van der Waals surface area contributed by atoms with Crippen molar-refractivity contribution in [1.29, 1.82) is 0 Å². The van der Waals surface area contributed by atoms with Crippen LogP contribution in [0.25, 0.3) is 10.9 Å². The van der Waals surface area contributed by atoms with Crippen LogP contribution in [0.15, 0.2) is 103 Å². The molecular weight excluding hydrogens is 442 g/mol. The third kappa shape index (κ3) is 3.48. The molecule has 1 spiro atoms. The Morgan fingerprint density at radius 3 is 2.36 bits per heavy atom. The van der Waals surface area contributed by atoms with E-state index in [4.69, 9.17) is 9.84 Å². The molecule has 36 heavy (non-hydrogen) atoms. The summed E-state index contributed by atoms with van der Waals surface area (Å²) < 4.78 is 7.78. The first-order valence-electron chi connectivity index (χ1n) is 12.7. The largest absolute Gasteiger partial charge is 0.497 e. The first kappa shape index (κ1) is 21.3. The van der Waals surface area contributed by atoms with Crippen molar-refractivity contribution in [3.63, 3.8) is 0 Å². The number of anilines is 1. The molecule has 4 nitrogen and oxygen atoms in total. The Hall–Kier alpha value is -4.05. The lowest BCUT2D eigenvalue weighted by atomic mass is 9.92. The summed E-state index contributed by atoms with van der Waals surface area (Å²) in [5.41, 5.74) is 8.15. The Balaban J connectivity index is 1.23. The van der Waals surface area contributed by atoms with Crippen molar-refractivity contribution in [1.82, 2.24) is 9.78 Å². The molecule has 2 aliphatic rings. The van der Waals surface area contributed by atoms with Crippen LogP contribution in [-0.4, -0.2) is 23.4 Å². The minimum absolute atomic E-state index is 0.136. The quantitative estimate of drug-likeness (QED) is 0.282. The van der Waals surface area contributed by atoms with Crippen LogP contribution in [0.3, 0.4) is 0 Å². The molecule has 0 unspecified atom stereocenters. The van der Waals surface area contributed by atoms with Gasteiger partial charge in [-0.1, -0.05) is 72.8 Å². The summed E-state index contributed by atoms with van der Waals surface area (Å²) in [6, 6.07) is 34.9. The Morgan fingerprint density at radius 1 is 0.861 bits per heavy atom. The standard InChI is InChI=1S/C32H29N3O/c1-36-27-14-15-30-28(17-27)32(22-34(30)20-23-8-4-2-5-9-23)18-29(32)25-12-13-26-19-33-35(31(26)16-25)21-24-10-6-3-7-11-24/h2-17,19,29H,18,20-22H2,1H3/t29-,32-/m0/s1. The maximum Gasteiger partial charge on any atom is 0.119 e. The van der Waals surface area contributed by atoms with Gasteiger partial charge in [0.15, 0.2) is 0 Å². The molecule has 7 rings (SSSR count). The van der Waals surface area contributed by atoms with Gasteiger partial charge in [0, 0.05) is 29.6 Å². The van der Waals surface area contributed by atoms with Gasteiger partial charge in [-0.05, 0) is 58.9 Å². The molecule has 1 fully saturated rings. The lowest BCUT2D eigenvalue weighted by Crippen LogP contribution is -2.24. The van der Waals surface area contributed by atoms with Crippen molar-refractivity contribution in [2.45, 2.75) is 30.8 Å². The van der Waals surface area contributed by atoms with Crippen LogP contribution < -0.4 is 9.64 Å². The molecule has 178 valence electrons. The van der Waals surface area contributed by atoms with Gasteiger partial charge in [0.2, 0.25) is 0 Å². The van der Waals surface area contributed by atoms with Crippen LogP contribution in [0, 0.1) is 0 Å². The van der Waals surface area contributed by atoms with Gasteiger partial charge >= 0.3 is 0 Å². The molecule has 1 aromatic heterocycles. The van der Waals surface area contributed by atoms with E-state index in [0.29, 0.717) is 5.92 Å². The molecule has 0 radical (unpaired) electrons. The van der Waals surface area contributed by atoms with Crippen LogP contribution >= 0.6 is 0 Å². The first-order valence-corrected chi connectivity index (χ1v) is 12.7. The summed E-state index contributed by atoms with van der Waals surface area (Å²) >= 11 is 0. The van der Waals surface area contributed by atoms with Gasteiger partial charge in [-0.25, -0.2) is 0 Å². The number of methoxy groups -OCH3 is 1. The molecule has 0 N–H and O–H groups in total. The topological polar surface area (TPSA) is 30.3 Å². The van der Waals surface area contributed by atoms with Gasteiger partial charge in [-0.3, -0.25) is 4.68 Å². The fourth-order valence-electron chi connectivity index (χ4n) is 6.17. The van der Waals surface area contributed by atoms with E-state index < -0.39 is 0 Å². The third-order valence-corrected chi connectivity index (χ3v) is 8.09. The van der Waals surface area contributed by atoms with Gasteiger partial charge in [-0.2, -0.15) is 5.10 Å². The monoisotopic (exact) mass is 471 g/mol. The minimum Gasteiger partial charge on any atom is -0.497 e. The molecular formula is C32H29N3O. The number of nitrogens with zero attached hydrogens (tertiary/aromatic N) is 3. The second kappa shape index (κ2) is 8.27. The molecule has 0 amide bonds.